The Morgan fingerprint density at radius 1 is 1.33 bits per heavy atom. The first-order chi connectivity index (χ1) is 8.60. The summed E-state index contributed by atoms with van der Waals surface area (Å²) in [6, 6.07) is 4.79. The van der Waals surface area contributed by atoms with Crippen LogP contribution in [0.1, 0.15) is 17.5 Å². The number of aromatic nitrogens is 2. The lowest BCUT2D eigenvalue weighted by Gasteiger charge is -1.97. The Morgan fingerprint density at radius 2 is 2.00 bits per heavy atom. The van der Waals surface area contributed by atoms with Crippen molar-refractivity contribution < 1.29 is 14.1 Å². The summed E-state index contributed by atoms with van der Waals surface area (Å²) in [5.74, 6) is -0.619. The first kappa shape index (κ1) is 12.9. The highest BCUT2D eigenvalue weighted by Gasteiger charge is 2.17. The molecule has 1 heterocycles. The Hall–Kier alpha value is -1.59. The monoisotopic (exact) mass is 286 g/mol. The molecule has 0 bridgehead atoms. The molecule has 0 aliphatic carbocycles. The van der Waals surface area contributed by atoms with E-state index in [1.165, 1.54) is 0 Å². The standard InChI is InChI=1S/C11H8Cl2N2O3/c1-2-17-11(16)9-14-10(18-15-9)6-3-7(12)5-8(13)4-6/h3-5H,2H2,1H3. The largest absolute Gasteiger partial charge is 0.460 e. The highest BCUT2D eigenvalue weighted by atomic mass is 35.5. The van der Waals surface area contributed by atoms with Crippen molar-refractivity contribution in [2.75, 3.05) is 6.61 Å². The van der Waals surface area contributed by atoms with E-state index >= 15 is 0 Å². The zero-order chi connectivity index (χ0) is 13.1. The predicted molar refractivity (Wildman–Crippen MR) is 65.7 cm³/mol. The maximum Gasteiger partial charge on any atom is 0.379 e. The number of benzene rings is 1. The molecular weight excluding hydrogens is 279 g/mol. The molecule has 0 atom stereocenters. The van der Waals surface area contributed by atoms with Crippen LogP contribution in [-0.4, -0.2) is 22.7 Å². The van der Waals surface area contributed by atoms with E-state index in [4.69, 9.17) is 32.5 Å². The van der Waals surface area contributed by atoms with E-state index in [1.807, 2.05) is 0 Å². The van der Waals surface area contributed by atoms with Crippen molar-refractivity contribution in [3.63, 3.8) is 0 Å². The third-order valence-electron chi connectivity index (χ3n) is 1.99. The number of halogens is 2. The van der Waals surface area contributed by atoms with Crippen molar-refractivity contribution in [3.8, 4) is 11.5 Å². The van der Waals surface area contributed by atoms with Crippen molar-refractivity contribution in [1.29, 1.82) is 0 Å². The Balaban J connectivity index is 2.32. The summed E-state index contributed by atoms with van der Waals surface area (Å²) in [4.78, 5) is 15.3. The van der Waals surface area contributed by atoms with Gasteiger partial charge < -0.3 is 9.26 Å². The molecule has 1 aromatic carbocycles. The fourth-order valence-corrected chi connectivity index (χ4v) is 1.82. The minimum Gasteiger partial charge on any atom is -0.460 e. The van der Waals surface area contributed by atoms with Gasteiger partial charge in [0.1, 0.15) is 0 Å². The minimum atomic E-state index is -0.638. The van der Waals surface area contributed by atoms with Gasteiger partial charge in [0, 0.05) is 15.6 Å². The second-order valence-electron chi connectivity index (χ2n) is 3.30. The van der Waals surface area contributed by atoms with Crippen LogP contribution in [0, 0.1) is 0 Å². The maximum atomic E-state index is 11.4. The number of rotatable bonds is 3. The summed E-state index contributed by atoms with van der Waals surface area (Å²) in [6.45, 7) is 1.93. The summed E-state index contributed by atoms with van der Waals surface area (Å²) in [6.07, 6.45) is 0. The van der Waals surface area contributed by atoms with Crippen molar-refractivity contribution in [3.05, 3.63) is 34.1 Å². The van der Waals surface area contributed by atoms with Crippen molar-refractivity contribution in [2.45, 2.75) is 6.92 Å². The van der Waals surface area contributed by atoms with E-state index in [0.717, 1.165) is 0 Å². The lowest BCUT2D eigenvalue weighted by atomic mass is 10.2. The lowest BCUT2D eigenvalue weighted by molar-refractivity contribution is 0.0508. The van der Waals surface area contributed by atoms with Gasteiger partial charge in [-0.2, -0.15) is 4.98 Å². The van der Waals surface area contributed by atoms with Gasteiger partial charge in [0.15, 0.2) is 0 Å². The Labute approximate surface area is 113 Å². The molecule has 5 nitrogen and oxygen atoms in total. The van der Waals surface area contributed by atoms with Crippen LogP contribution in [0.25, 0.3) is 11.5 Å². The van der Waals surface area contributed by atoms with E-state index in [2.05, 4.69) is 10.1 Å². The molecule has 2 aromatic rings. The van der Waals surface area contributed by atoms with Crippen LogP contribution in [0.3, 0.4) is 0 Å². The van der Waals surface area contributed by atoms with Gasteiger partial charge in [-0.3, -0.25) is 0 Å². The molecule has 0 saturated carbocycles. The molecule has 2 rings (SSSR count). The first-order valence-corrected chi connectivity index (χ1v) is 5.83. The number of nitrogens with zero attached hydrogens (tertiary/aromatic N) is 2. The number of ether oxygens (including phenoxy) is 1. The van der Waals surface area contributed by atoms with Crippen LogP contribution in [0.2, 0.25) is 10.0 Å². The molecule has 0 radical (unpaired) electrons. The van der Waals surface area contributed by atoms with Gasteiger partial charge in [0.05, 0.1) is 6.61 Å². The molecule has 7 heteroatoms. The molecule has 0 N–H and O–H groups in total. The molecule has 18 heavy (non-hydrogen) atoms. The zero-order valence-corrected chi connectivity index (χ0v) is 10.8. The molecule has 1 aromatic heterocycles. The van der Waals surface area contributed by atoms with Crippen molar-refractivity contribution in [1.82, 2.24) is 10.1 Å². The molecule has 0 spiro atoms. The number of esters is 1. The Morgan fingerprint density at radius 3 is 2.61 bits per heavy atom. The fourth-order valence-electron chi connectivity index (χ4n) is 1.30. The Kier molecular flexibility index (Phi) is 3.84. The number of hydrogen-bond acceptors (Lipinski definition) is 5. The number of hydrogen-bond donors (Lipinski definition) is 0. The molecule has 0 aliphatic heterocycles. The summed E-state index contributed by atoms with van der Waals surface area (Å²) in [7, 11) is 0. The maximum absolute atomic E-state index is 11.4. The van der Waals surface area contributed by atoms with Gasteiger partial charge in [-0.05, 0) is 30.3 Å². The van der Waals surface area contributed by atoms with Crippen LogP contribution >= 0.6 is 23.2 Å². The second-order valence-corrected chi connectivity index (χ2v) is 4.17. The van der Waals surface area contributed by atoms with E-state index in [-0.39, 0.29) is 18.3 Å². The van der Waals surface area contributed by atoms with Gasteiger partial charge in [-0.15, -0.1) is 0 Å². The molecule has 0 fully saturated rings. The molecule has 0 amide bonds. The average Bonchev–Trinajstić information content (AvgIpc) is 2.77. The van der Waals surface area contributed by atoms with Crippen molar-refractivity contribution >= 4 is 29.2 Å². The molecule has 0 unspecified atom stereocenters. The molecular formula is C11H8Cl2N2O3. The van der Waals surface area contributed by atoms with Crippen LogP contribution in [-0.2, 0) is 4.74 Å². The normalized spacial score (nSPS) is 10.4. The van der Waals surface area contributed by atoms with Crippen LogP contribution in [0.4, 0.5) is 0 Å². The lowest BCUT2D eigenvalue weighted by Crippen LogP contribution is -2.06. The summed E-state index contributed by atoms with van der Waals surface area (Å²) < 4.78 is 9.70. The van der Waals surface area contributed by atoms with E-state index in [0.29, 0.717) is 15.6 Å². The fraction of sp³-hybridized carbons (Fsp3) is 0.182. The van der Waals surface area contributed by atoms with Crippen LogP contribution < -0.4 is 0 Å². The summed E-state index contributed by atoms with van der Waals surface area (Å²) in [5, 5.41) is 4.40. The Bertz CT molecular complexity index is 563. The zero-order valence-electron chi connectivity index (χ0n) is 9.31. The van der Waals surface area contributed by atoms with Gasteiger partial charge in [-0.25, -0.2) is 4.79 Å². The first-order valence-electron chi connectivity index (χ1n) is 5.07. The van der Waals surface area contributed by atoms with Crippen molar-refractivity contribution in [2.24, 2.45) is 0 Å². The van der Waals surface area contributed by atoms with E-state index in [9.17, 15) is 4.79 Å². The van der Waals surface area contributed by atoms with Gasteiger partial charge in [-0.1, -0.05) is 23.2 Å². The molecule has 0 saturated heterocycles. The highest BCUT2D eigenvalue weighted by Crippen LogP contribution is 2.26. The van der Waals surface area contributed by atoms with Gasteiger partial charge in [0.25, 0.3) is 11.7 Å². The van der Waals surface area contributed by atoms with E-state index in [1.54, 1.807) is 25.1 Å². The second kappa shape index (κ2) is 5.37. The van der Waals surface area contributed by atoms with Crippen LogP contribution in [0.15, 0.2) is 22.7 Å². The predicted octanol–water partition coefficient (Wildman–Crippen LogP) is 3.22. The highest BCUT2D eigenvalue weighted by molar-refractivity contribution is 6.35. The topological polar surface area (TPSA) is 65.2 Å². The van der Waals surface area contributed by atoms with Gasteiger partial charge >= 0.3 is 5.97 Å². The third kappa shape index (κ3) is 2.80. The third-order valence-corrected chi connectivity index (χ3v) is 2.43. The summed E-state index contributed by atoms with van der Waals surface area (Å²) in [5.41, 5.74) is 0.538. The number of carbonyl (C=O) groups excluding carboxylic acids is 1. The molecule has 0 aliphatic rings. The molecule has 94 valence electrons. The smallest absolute Gasteiger partial charge is 0.379 e. The summed E-state index contributed by atoms with van der Waals surface area (Å²) >= 11 is 11.7. The quantitative estimate of drug-likeness (QED) is 0.811. The van der Waals surface area contributed by atoms with Crippen LogP contribution in [0.5, 0.6) is 0 Å². The minimum absolute atomic E-state index is 0.136. The number of carbonyl (C=O) groups is 1. The SMILES string of the molecule is CCOC(=O)c1noc(-c2cc(Cl)cc(Cl)c2)n1. The van der Waals surface area contributed by atoms with Gasteiger partial charge in [0.2, 0.25) is 0 Å². The van der Waals surface area contributed by atoms with E-state index < -0.39 is 5.97 Å². The average molecular weight is 287 g/mol.